The molecule has 1 atom stereocenters. The lowest BCUT2D eigenvalue weighted by Gasteiger charge is -2.25. The van der Waals surface area contributed by atoms with E-state index < -0.39 is 0 Å². The van der Waals surface area contributed by atoms with Gasteiger partial charge >= 0.3 is 0 Å². The first-order valence-corrected chi connectivity index (χ1v) is 7.39. The highest BCUT2D eigenvalue weighted by Crippen LogP contribution is 2.35. The molecule has 0 amide bonds. The highest BCUT2D eigenvalue weighted by Gasteiger charge is 2.22. The summed E-state index contributed by atoms with van der Waals surface area (Å²) in [5.74, 6) is -0.137. The zero-order valence-corrected chi connectivity index (χ0v) is 12.3. The van der Waals surface area contributed by atoms with E-state index in [1.807, 2.05) is 6.07 Å². The maximum absolute atomic E-state index is 14.1. The van der Waals surface area contributed by atoms with E-state index in [2.05, 4.69) is 34.2 Å². The largest absolute Gasteiger partial charge is 0.307 e. The number of hydrogen-bond donors (Lipinski definition) is 1. The molecular weight excluding hydrogens is 293 g/mol. The van der Waals surface area contributed by atoms with Gasteiger partial charge in [0.2, 0.25) is 0 Å². The molecule has 1 aromatic carbocycles. The van der Waals surface area contributed by atoms with Crippen molar-refractivity contribution in [2.75, 3.05) is 6.54 Å². The Morgan fingerprint density at radius 1 is 1.39 bits per heavy atom. The highest BCUT2D eigenvalue weighted by molar-refractivity contribution is 9.10. The van der Waals surface area contributed by atoms with E-state index in [9.17, 15) is 4.39 Å². The maximum Gasteiger partial charge on any atom is 0.129 e. The van der Waals surface area contributed by atoms with E-state index in [1.54, 1.807) is 6.07 Å². The van der Waals surface area contributed by atoms with E-state index in [0.29, 0.717) is 0 Å². The van der Waals surface area contributed by atoms with Gasteiger partial charge in [0.15, 0.2) is 0 Å². The third-order valence-corrected chi connectivity index (χ3v) is 4.09. The molecule has 0 aliphatic heterocycles. The van der Waals surface area contributed by atoms with Gasteiger partial charge in [0.05, 0.1) is 6.04 Å². The van der Waals surface area contributed by atoms with Gasteiger partial charge in [-0.2, -0.15) is 0 Å². The molecule has 1 aliphatic rings. The first-order chi connectivity index (χ1) is 8.74. The lowest BCUT2D eigenvalue weighted by Crippen LogP contribution is -2.25. The molecule has 0 fully saturated rings. The van der Waals surface area contributed by atoms with Crippen LogP contribution in [-0.4, -0.2) is 6.54 Å². The molecule has 1 N–H and O–H groups in total. The number of benzene rings is 1. The molecule has 18 heavy (non-hydrogen) atoms. The second-order valence-electron chi connectivity index (χ2n) is 4.65. The quantitative estimate of drug-likeness (QED) is 0.792. The van der Waals surface area contributed by atoms with E-state index >= 15 is 0 Å². The number of allylic oxidation sites excluding steroid dienone is 1. The molecule has 0 radical (unpaired) electrons. The Bertz CT molecular complexity index is 422. The Morgan fingerprint density at radius 3 is 2.83 bits per heavy atom. The zero-order valence-electron chi connectivity index (χ0n) is 10.7. The molecule has 1 aromatic rings. The van der Waals surface area contributed by atoms with Gasteiger partial charge < -0.3 is 5.32 Å². The molecule has 0 saturated heterocycles. The van der Waals surface area contributed by atoms with Crippen molar-refractivity contribution in [2.45, 2.75) is 38.6 Å². The minimum atomic E-state index is -0.137. The van der Waals surface area contributed by atoms with Gasteiger partial charge in [-0.05, 0) is 44.4 Å². The number of halogens is 2. The molecule has 1 aliphatic carbocycles. The van der Waals surface area contributed by atoms with E-state index in [-0.39, 0.29) is 11.9 Å². The molecule has 0 aromatic heterocycles. The van der Waals surface area contributed by atoms with Crippen LogP contribution in [0.3, 0.4) is 0 Å². The van der Waals surface area contributed by atoms with Crippen LogP contribution in [0.4, 0.5) is 4.39 Å². The van der Waals surface area contributed by atoms with Crippen LogP contribution in [0.1, 0.15) is 44.2 Å². The molecule has 1 unspecified atom stereocenters. The maximum atomic E-state index is 14.1. The third-order valence-electron chi connectivity index (χ3n) is 3.39. The van der Waals surface area contributed by atoms with Gasteiger partial charge in [-0.25, -0.2) is 4.39 Å². The van der Waals surface area contributed by atoms with Crippen molar-refractivity contribution in [3.63, 3.8) is 0 Å². The second kappa shape index (κ2) is 6.48. The summed E-state index contributed by atoms with van der Waals surface area (Å²) >= 11 is 3.48. The van der Waals surface area contributed by atoms with Crippen molar-refractivity contribution < 1.29 is 4.39 Å². The fourth-order valence-corrected chi connectivity index (χ4v) is 3.11. The van der Waals surface area contributed by atoms with E-state index in [1.165, 1.54) is 24.5 Å². The van der Waals surface area contributed by atoms with E-state index in [0.717, 1.165) is 29.4 Å². The van der Waals surface area contributed by atoms with Crippen molar-refractivity contribution in [1.29, 1.82) is 0 Å². The van der Waals surface area contributed by atoms with Gasteiger partial charge in [-0.1, -0.05) is 40.6 Å². The van der Waals surface area contributed by atoms with Crippen LogP contribution >= 0.6 is 15.9 Å². The topological polar surface area (TPSA) is 12.0 Å². The Hall–Kier alpha value is -0.670. The molecule has 1 nitrogen and oxygen atoms in total. The molecule has 2 rings (SSSR count). The first kappa shape index (κ1) is 13.8. The Labute approximate surface area is 117 Å². The van der Waals surface area contributed by atoms with Crippen molar-refractivity contribution in [1.82, 2.24) is 5.32 Å². The van der Waals surface area contributed by atoms with Crippen molar-refractivity contribution >= 4 is 15.9 Å². The highest BCUT2D eigenvalue weighted by atomic mass is 79.9. The third kappa shape index (κ3) is 3.01. The average Bonchev–Trinajstić information content (AvgIpc) is 2.38. The first-order valence-electron chi connectivity index (χ1n) is 6.60. The van der Waals surface area contributed by atoms with Crippen LogP contribution in [-0.2, 0) is 0 Å². The predicted octanol–water partition coefficient (Wildman–Crippen LogP) is 4.74. The predicted molar refractivity (Wildman–Crippen MR) is 77.1 cm³/mol. The summed E-state index contributed by atoms with van der Waals surface area (Å²) in [6.07, 6.45) is 6.91. The van der Waals surface area contributed by atoms with Crippen molar-refractivity contribution in [2.24, 2.45) is 0 Å². The fraction of sp³-hybridized carbons (Fsp3) is 0.467. The lowest BCUT2D eigenvalue weighted by molar-refractivity contribution is 0.525. The zero-order chi connectivity index (χ0) is 13.0. The van der Waals surface area contributed by atoms with Gasteiger partial charge in [0.1, 0.15) is 5.82 Å². The van der Waals surface area contributed by atoms with Gasteiger partial charge in [0.25, 0.3) is 0 Å². The molecule has 98 valence electrons. The minimum absolute atomic E-state index is 0.00544. The summed E-state index contributed by atoms with van der Waals surface area (Å²) in [6, 6.07) is 5.19. The van der Waals surface area contributed by atoms with Gasteiger partial charge in [0, 0.05) is 10.0 Å². The van der Waals surface area contributed by atoms with Gasteiger partial charge in [-0.3, -0.25) is 0 Å². The van der Waals surface area contributed by atoms with Crippen molar-refractivity contribution in [3.05, 3.63) is 45.7 Å². The SMILES string of the molecule is CCNC(C1=CCCCC1)c1c(F)cccc1Br. The van der Waals surface area contributed by atoms with Crippen LogP contribution in [0, 0.1) is 5.82 Å². The minimum Gasteiger partial charge on any atom is -0.307 e. The summed E-state index contributed by atoms with van der Waals surface area (Å²) in [5, 5.41) is 3.41. The smallest absolute Gasteiger partial charge is 0.129 e. The van der Waals surface area contributed by atoms with Crippen LogP contribution in [0.5, 0.6) is 0 Å². The molecule has 0 saturated carbocycles. The Kier molecular flexibility index (Phi) is 4.95. The summed E-state index contributed by atoms with van der Waals surface area (Å²) in [5.41, 5.74) is 2.07. The second-order valence-corrected chi connectivity index (χ2v) is 5.51. The molecule has 0 heterocycles. The molecule has 3 heteroatoms. The standard InChI is InChI=1S/C15H19BrFN/c1-2-18-15(11-7-4-3-5-8-11)14-12(16)9-6-10-13(14)17/h6-7,9-10,15,18H,2-5,8H2,1H3. The Balaban J connectivity index is 2.37. The Morgan fingerprint density at radius 2 is 2.22 bits per heavy atom. The summed E-state index contributed by atoms with van der Waals surface area (Å²) in [7, 11) is 0. The average molecular weight is 312 g/mol. The van der Waals surface area contributed by atoms with Crippen LogP contribution < -0.4 is 5.32 Å². The molecule has 0 bridgehead atoms. The normalized spacial score (nSPS) is 17.4. The monoisotopic (exact) mass is 311 g/mol. The summed E-state index contributed by atoms with van der Waals surface area (Å²) in [4.78, 5) is 0. The summed E-state index contributed by atoms with van der Waals surface area (Å²) in [6.45, 7) is 2.90. The lowest BCUT2D eigenvalue weighted by atomic mass is 9.89. The van der Waals surface area contributed by atoms with Crippen LogP contribution in [0.2, 0.25) is 0 Å². The fourth-order valence-electron chi connectivity index (χ4n) is 2.53. The number of nitrogens with one attached hydrogen (secondary N) is 1. The van der Waals surface area contributed by atoms with Crippen LogP contribution in [0.25, 0.3) is 0 Å². The van der Waals surface area contributed by atoms with E-state index in [4.69, 9.17) is 0 Å². The van der Waals surface area contributed by atoms with Gasteiger partial charge in [-0.15, -0.1) is 0 Å². The number of rotatable bonds is 4. The number of likely N-dealkylation sites (N-methyl/N-ethyl adjacent to an activating group) is 1. The van der Waals surface area contributed by atoms with Crippen molar-refractivity contribution in [3.8, 4) is 0 Å². The molecular formula is C15H19BrFN. The number of hydrogen-bond acceptors (Lipinski definition) is 1. The summed E-state index contributed by atoms with van der Waals surface area (Å²) < 4.78 is 14.9. The molecule has 0 spiro atoms. The van der Waals surface area contributed by atoms with Crippen LogP contribution in [0.15, 0.2) is 34.3 Å².